The summed E-state index contributed by atoms with van der Waals surface area (Å²) in [5.74, 6) is 0.187. The van der Waals surface area contributed by atoms with E-state index in [-0.39, 0.29) is 23.2 Å². The predicted molar refractivity (Wildman–Crippen MR) is 57.1 cm³/mol. The lowest BCUT2D eigenvalue weighted by molar-refractivity contribution is 0.834. The lowest BCUT2D eigenvalue weighted by atomic mass is 10.4. The summed E-state index contributed by atoms with van der Waals surface area (Å²) in [7, 11) is 1.50. The van der Waals surface area contributed by atoms with Crippen molar-refractivity contribution < 1.29 is 0 Å². The van der Waals surface area contributed by atoms with Crippen LogP contribution in [0.5, 0.6) is 0 Å². The van der Waals surface area contributed by atoms with Gasteiger partial charge in [0.2, 0.25) is 0 Å². The third-order valence-electron chi connectivity index (χ3n) is 1.64. The first-order valence-electron chi connectivity index (χ1n) is 4.01. The van der Waals surface area contributed by atoms with Gasteiger partial charge in [-0.3, -0.25) is 14.8 Å². The zero-order valence-electron chi connectivity index (χ0n) is 7.93. The molecule has 0 spiro atoms. The SMILES string of the molecule is CN=C(N)NCc1[nH]c(=O)[nH]c(=O)c1Cl. The molecule has 0 atom stereocenters. The summed E-state index contributed by atoms with van der Waals surface area (Å²) in [5.41, 5.74) is 4.37. The molecule has 1 heterocycles. The van der Waals surface area contributed by atoms with E-state index in [1.807, 2.05) is 4.98 Å². The van der Waals surface area contributed by atoms with Crippen molar-refractivity contribution in [3.63, 3.8) is 0 Å². The van der Waals surface area contributed by atoms with Crippen LogP contribution in [-0.2, 0) is 6.54 Å². The molecule has 8 heteroatoms. The second kappa shape index (κ2) is 4.65. The summed E-state index contributed by atoms with van der Waals surface area (Å²) in [6, 6.07) is 0. The molecule has 0 aliphatic rings. The first-order valence-corrected chi connectivity index (χ1v) is 4.39. The molecule has 82 valence electrons. The van der Waals surface area contributed by atoms with Crippen molar-refractivity contribution in [2.24, 2.45) is 10.7 Å². The molecule has 0 saturated heterocycles. The molecule has 0 bridgehead atoms. The van der Waals surface area contributed by atoms with E-state index in [1.54, 1.807) is 0 Å². The average Bonchev–Trinajstić information content (AvgIpc) is 2.20. The maximum atomic E-state index is 11.1. The van der Waals surface area contributed by atoms with E-state index < -0.39 is 11.2 Å². The van der Waals surface area contributed by atoms with Crippen molar-refractivity contribution in [2.75, 3.05) is 7.05 Å². The smallest absolute Gasteiger partial charge is 0.326 e. The molecule has 0 unspecified atom stereocenters. The van der Waals surface area contributed by atoms with Crippen LogP contribution in [-0.4, -0.2) is 23.0 Å². The fourth-order valence-electron chi connectivity index (χ4n) is 0.898. The lowest BCUT2D eigenvalue weighted by Crippen LogP contribution is -2.33. The standard InChI is InChI=1S/C7H10ClN5O2/c1-10-6(9)11-2-3-4(8)5(14)13-7(15)12-3/h2H2,1H3,(H3,9,10,11)(H2,12,13,14,15). The summed E-state index contributed by atoms with van der Waals surface area (Å²) in [6.07, 6.45) is 0. The van der Waals surface area contributed by atoms with Crippen LogP contribution in [0.25, 0.3) is 0 Å². The van der Waals surface area contributed by atoms with Gasteiger partial charge in [-0.05, 0) is 0 Å². The topological polar surface area (TPSA) is 116 Å². The van der Waals surface area contributed by atoms with Gasteiger partial charge in [-0.1, -0.05) is 11.6 Å². The van der Waals surface area contributed by atoms with Gasteiger partial charge in [0.15, 0.2) is 5.96 Å². The number of halogens is 1. The van der Waals surface area contributed by atoms with Crippen molar-refractivity contribution in [3.05, 3.63) is 31.6 Å². The number of nitrogens with one attached hydrogen (secondary N) is 3. The van der Waals surface area contributed by atoms with Crippen molar-refractivity contribution in [3.8, 4) is 0 Å². The Balaban J connectivity index is 2.95. The van der Waals surface area contributed by atoms with E-state index in [0.29, 0.717) is 0 Å². The zero-order valence-corrected chi connectivity index (χ0v) is 8.68. The molecule has 7 nitrogen and oxygen atoms in total. The molecule has 1 aromatic heterocycles. The highest BCUT2D eigenvalue weighted by atomic mass is 35.5. The molecule has 1 rings (SSSR count). The number of aromatic amines is 2. The Labute approximate surface area is 89.4 Å². The number of hydrogen-bond donors (Lipinski definition) is 4. The molecule has 0 fully saturated rings. The van der Waals surface area contributed by atoms with E-state index >= 15 is 0 Å². The maximum absolute atomic E-state index is 11.1. The van der Waals surface area contributed by atoms with Crippen molar-refractivity contribution in [1.29, 1.82) is 0 Å². The normalized spacial score (nSPS) is 11.5. The van der Waals surface area contributed by atoms with Crippen LogP contribution in [0.3, 0.4) is 0 Å². The van der Waals surface area contributed by atoms with E-state index in [0.717, 1.165) is 0 Å². The molecule has 0 radical (unpaired) electrons. The Morgan fingerprint density at radius 1 is 1.53 bits per heavy atom. The maximum Gasteiger partial charge on any atom is 0.326 e. The lowest BCUT2D eigenvalue weighted by Gasteiger charge is -2.05. The van der Waals surface area contributed by atoms with Gasteiger partial charge in [0.25, 0.3) is 5.56 Å². The van der Waals surface area contributed by atoms with Gasteiger partial charge in [-0.15, -0.1) is 0 Å². The third kappa shape index (κ3) is 2.84. The molecular weight excluding hydrogens is 222 g/mol. The second-order valence-electron chi connectivity index (χ2n) is 2.66. The highest BCUT2D eigenvalue weighted by molar-refractivity contribution is 6.30. The van der Waals surface area contributed by atoms with Gasteiger partial charge < -0.3 is 16.0 Å². The fraction of sp³-hybridized carbons (Fsp3) is 0.286. The van der Waals surface area contributed by atoms with Gasteiger partial charge in [-0.25, -0.2) is 4.79 Å². The highest BCUT2D eigenvalue weighted by Crippen LogP contribution is 2.03. The number of aliphatic imine (C=N–C) groups is 1. The van der Waals surface area contributed by atoms with Crippen LogP contribution in [0.2, 0.25) is 5.02 Å². The van der Waals surface area contributed by atoms with Crippen LogP contribution in [0.15, 0.2) is 14.6 Å². The summed E-state index contributed by atoms with van der Waals surface area (Å²) in [5, 5.41) is 2.59. The number of H-pyrrole nitrogens is 2. The minimum atomic E-state index is -0.635. The molecule has 0 saturated carbocycles. The predicted octanol–water partition coefficient (Wildman–Crippen LogP) is -1.25. The number of nitrogens with zero attached hydrogens (tertiary/aromatic N) is 1. The molecule has 5 N–H and O–H groups in total. The van der Waals surface area contributed by atoms with E-state index in [1.165, 1.54) is 7.05 Å². The molecule has 15 heavy (non-hydrogen) atoms. The number of aromatic nitrogens is 2. The minimum absolute atomic E-state index is 0.0778. The highest BCUT2D eigenvalue weighted by Gasteiger charge is 2.06. The summed E-state index contributed by atoms with van der Waals surface area (Å²) < 4.78 is 0. The van der Waals surface area contributed by atoms with E-state index in [9.17, 15) is 9.59 Å². The van der Waals surface area contributed by atoms with Gasteiger partial charge >= 0.3 is 5.69 Å². The molecule has 0 amide bonds. The molecule has 0 aliphatic heterocycles. The van der Waals surface area contributed by atoms with Gasteiger partial charge in [0, 0.05) is 7.05 Å². The Bertz CT molecular complexity index is 489. The van der Waals surface area contributed by atoms with Crippen molar-refractivity contribution >= 4 is 17.6 Å². The molecular formula is C7H10ClN5O2. The first-order chi connectivity index (χ1) is 7.04. The van der Waals surface area contributed by atoms with Crippen LogP contribution >= 0.6 is 11.6 Å². The molecule has 0 aromatic carbocycles. The Morgan fingerprint density at radius 2 is 2.20 bits per heavy atom. The van der Waals surface area contributed by atoms with Gasteiger partial charge in [-0.2, -0.15) is 0 Å². The summed E-state index contributed by atoms with van der Waals surface area (Å²) in [6.45, 7) is 0.126. The average molecular weight is 232 g/mol. The number of hydrogen-bond acceptors (Lipinski definition) is 3. The van der Waals surface area contributed by atoms with Crippen LogP contribution < -0.4 is 22.3 Å². The largest absolute Gasteiger partial charge is 0.370 e. The van der Waals surface area contributed by atoms with Gasteiger partial charge in [0.1, 0.15) is 5.02 Å². The molecule has 1 aromatic rings. The number of guanidine groups is 1. The van der Waals surface area contributed by atoms with E-state index in [2.05, 4.69) is 15.3 Å². The van der Waals surface area contributed by atoms with E-state index in [4.69, 9.17) is 17.3 Å². The Kier molecular flexibility index (Phi) is 3.51. The van der Waals surface area contributed by atoms with Crippen LogP contribution in [0, 0.1) is 0 Å². The van der Waals surface area contributed by atoms with Crippen molar-refractivity contribution in [2.45, 2.75) is 6.54 Å². The quantitative estimate of drug-likeness (QED) is 0.376. The molecule has 0 aliphatic carbocycles. The number of nitrogens with two attached hydrogens (primary N) is 1. The number of rotatable bonds is 2. The fourth-order valence-corrected chi connectivity index (χ4v) is 1.06. The van der Waals surface area contributed by atoms with Gasteiger partial charge in [0.05, 0.1) is 12.2 Å². The van der Waals surface area contributed by atoms with Crippen LogP contribution in [0.4, 0.5) is 0 Å². The van der Waals surface area contributed by atoms with Crippen molar-refractivity contribution in [1.82, 2.24) is 15.3 Å². The second-order valence-corrected chi connectivity index (χ2v) is 3.04. The Morgan fingerprint density at radius 3 is 2.80 bits per heavy atom. The minimum Gasteiger partial charge on any atom is -0.370 e. The van der Waals surface area contributed by atoms with Crippen LogP contribution in [0.1, 0.15) is 5.69 Å². The third-order valence-corrected chi connectivity index (χ3v) is 2.04. The Hall–Kier alpha value is -1.76. The first kappa shape index (κ1) is 11.3. The zero-order chi connectivity index (χ0) is 11.4. The summed E-state index contributed by atoms with van der Waals surface area (Å²) >= 11 is 5.66. The monoisotopic (exact) mass is 231 g/mol. The summed E-state index contributed by atoms with van der Waals surface area (Å²) in [4.78, 5) is 30.0.